The summed E-state index contributed by atoms with van der Waals surface area (Å²) in [7, 11) is 0. The molecule has 1 aliphatic carbocycles. The third-order valence-electron chi connectivity index (χ3n) is 6.71. The highest BCUT2D eigenvalue weighted by molar-refractivity contribution is 6.10. The van der Waals surface area contributed by atoms with E-state index in [9.17, 15) is 14.7 Å². The van der Waals surface area contributed by atoms with Crippen molar-refractivity contribution < 1.29 is 19.4 Å². The summed E-state index contributed by atoms with van der Waals surface area (Å²) in [4.78, 5) is 31.2. The summed E-state index contributed by atoms with van der Waals surface area (Å²) < 4.78 is 5.37. The predicted molar refractivity (Wildman–Crippen MR) is 152 cm³/mol. The number of ketones is 1. The normalized spacial score (nSPS) is 23.3. The molecule has 2 rings (SSSR count). The van der Waals surface area contributed by atoms with Gasteiger partial charge in [-0.05, 0) is 63.1 Å². The summed E-state index contributed by atoms with van der Waals surface area (Å²) in [6, 6.07) is 0. The second-order valence-corrected chi connectivity index (χ2v) is 9.66. The summed E-state index contributed by atoms with van der Waals surface area (Å²) >= 11 is 0. The summed E-state index contributed by atoms with van der Waals surface area (Å²) in [6.07, 6.45) is 9.59. The van der Waals surface area contributed by atoms with Crippen LogP contribution in [0.5, 0.6) is 0 Å². The largest absolute Gasteiger partial charge is 0.463 e. The molecule has 1 heterocycles. The van der Waals surface area contributed by atoms with E-state index < -0.39 is 11.9 Å². The highest BCUT2D eigenvalue weighted by atomic mass is 16.5. The molecule has 7 heteroatoms. The maximum atomic E-state index is 13.5. The van der Waals surface area contributed by atoms with E-state index in [1.165, 1.54) is 0 Å². The first-order valence-corrected chi connectivity index (χ1v) is 13.4. The monoisotopic (exact) mass is 513 g/mol. The lowest BCUT2D eigenvalue weighted by Gasteiger charge is -2.42. The topological polar surface area (TPSA) is 114 Å². The van der Waals surface area contributed by atoms with Crippen LogP contribution in [0.1, 0.15) is 67.7 Å². The lowest BCUT2D eigenvalue weighted by Crippen LogP contribution is -2.43. The van der Waals surface area contributed by atoms with Crippen LogP contribution < -0.4 is 11.1 Å². The van der Waals surface area contributed by atoms with Crippen LogP contribution in [0.15, 0.2) is 64.0 Å². The molecule has 7 nitrogen and oxygen atoms in total. The highest BCUT2D eigenvalue weighted by Crippen LogP contribution is 2.47. The fourth-order valence-corrected chi connectivity index (χ4v) is 4.86. The zero-order valence-corrected chi connectivity index (χ0v) is 23.8. The number of carbonyl (C=O) groups is 2. The smallest absolute Gasteiger partial charge is 0.336 e. The molecule has 1 aliphatic heterocycles. The lowest BCUT2D eigenvalue weighted by molar-refractivity contribution is -0.139. The van der Waals surface area contributed by atoms with Gasteiger partial charge in [-0.15, -0.1) is 0 Å². The van der Waals surface area contributed by atoms with Crippen LogP contribution in [-0.2, 0) is 14.3 Å². The van der Waals surface area contributed by atoms with Gasteiger partial charge in [0.05, 0.1) is 30.2 Å². The van der Waals surface area contributed by atoms with Gasteiger partial charge < -0.3 is 20.9 Å². The molecule has 0 amide bonds. The van der Waals surface area contributed by atoms with Crippen molar-refractivity contribution in [1.82, 2.24) is 5.32 Å². The molecule has 0 aromatic heterocycles. The second-order valence-electron chi connectivity index (χ2n) is 9.66. The van der Waals surface area contributed by atoms with E-state index in [-0.39, 0.29) is 30.3 Å². The number of Topliss-reactive ketones (excluding diaryl/α,β-unsaturated/α-hetero) is 1. The van der Waals surface area contributed by atoms with Gasteiger partial charge >= 0.3 is 5.97 Å². The number of carbonyl (C=O) groups excluding carboxylic acids is 2. The first-order chi connectivity index (χ1) is 17.6. The van der Waals surface area contributed by atoms with E-state index in [1.807, 2.05) is 45.9 Å². The van der Waals surface area contributed by atoms with E-state index in [2.05, 4.69) is 30.7 Å². The molecule has 0 bridgehead atoms. The fraction of sp³-hybridized carbons (Fsp3) is 0.567. The van der Waals surface area contributed by atoms with Crippen molar-refractivity contribution in [3.63, 3.8) is 0 Å². The number of dihydropyridines is 1. The van der Waals surface area contributed by atoms with Gasteiger partial charge in [-0.2, -0.15) is 0 Å². The van der Waals surface area contributed by atoms with Crippen LogP contribution in [0, 0.1) is 17.3 Å². The number of esters is 1. The number of nitrogens with two attached hydrogens (primary N) is 1. The molecule has 2 aliphatic rings. The van der Waals surface area contributed by atoms with Crippen LogP contribution in [0.2, 0.25) is 0 Å². The molecule has 3 unspecified atom stereocenters. The van der Waals surface area contributed by atoms with Gasteiger partial charge in [0.2, 0.25) is 0 Å². The SMILES string of the molecule is C=C/C(=C/C(C)C1C2=C(CC(C)(CC)CC2=O)NC(CO)=C1C(=O)OCC)C(/C=C\C)=NCC.CCN. The molecule has 0 radical (unpaired) electrons. The minimum absolute atomic E-state index is 0.0400. The Morgan fingerprint density at radius 3 is 2.46 bits per heavy atom. The Hall–Kier alpha value is -2.77. The fourth-order valence-electron chi connectivity index (χ4n) is 4.86. The van der Waals surface area contributed by atoms with E-state index in [1.54, 1.807) is 13.0 Å². The van der Waals surface area contributed by atoms with E-state index in [0.29, 0.717) is 36.2 Å². The highest BCUT2D eigenvalue weighted by Gasteiger charge is 2.45. The standard InChI is InChI=1S/C28H40N2O4.C2H7N/c1-8-13-20(29-11-4)19(9-2)14-18(6)24-25-21(15-28(7,10-3)16-23(25)32)30-22(17-31)26(24)27(33)34-12-5;1-2-3/h8-9,13-14,18,24,30-31H,2,10-12,15-17H2,1,3-7H3;2-3H2,1H3/b13-8-,19-14-,29-20?;. The van der Waals surface area contributed by atoms with Gasteiger partial charge in [-0.3, -0.25) is 9.79 Å². The van der Waals surface area contributed by atoms with Crippen LogP contribution in [0.3, 0.4) is 0 Å². The van der Waals surface area contributed by atoms with Gasteiger partial charge in [0.1, 0.15) is 0 Å². The van der Waals surface area contributed by atoms with Gasteiger partial charge in [0.25, 0.3) is 0 Å². The van der Waals surface area contributed by atoms with Gasteiger partial charge in [-0.1, -0.05) is 52.5 Å². The van der Waals surface area contributed by atoms with Crippen molar-refractivity contribution in [1.29, 1.82) is 0 Å². The molecular formula is C30H47N3O4. The molecule has 4 N–H and O–H groups in total. The molecule has 0 fully saturated rings. The third kappa shape index (κ3) is 8.11. The number of ether oxygens (including phenoxy) is 1. The summed E-state index contributed by atoms with van der Waals surface area (Å²) in [6.45, 7) is 18.9. The Kier molecular flexibility index (Phi) is 13.5. The van der Waals surface area contributed by atoms with E-state index in [4.69, 9.17) is 10.5 Å². The Balaban J connectivity index is 0.00000217. The first-order valence-electron chi connectivity index (χ1n) is 13.4. The summed E-state index contributed by atoms with van der Waals surface area (Å²) in [5.74, 6) is -1.25. The molecule has 3 atom stereocenters. The second kappa shape index (κ2) is 15.5. The molecule has 0 saturated carbocycles. The van der Waals surface area contributed by atoms with Crippen molar-refractivity contribution in [2.45, 2.75) is 67.7 Å². The molecule has 0 saturated heterocycles. The summed E-state index contributed by atoms with van der Waals surface area (Å²) in [5.41, 5.74) is 8.48. The minimum Gasteiger partial charge on any atom is -0.463 e. The average Bonchev–Trinajstić information content (AvgIpc) is 2.86. The number of aliphatic imine (C=N–C) groups is 1. The zero-order chi connectivity index (χ0) is 28.2. The Bertz CT molecular complexity index is 987. The number of aliphatic hydroxyl groups excluding tert-OH is 1. The van der Waals surface area contributed by atoms with Crippen LogP contribution in [-0.4, -0.2) is 48.9 Å². The average molecular weight is 514 g/mol. The van der Waals surface area contributed by atoms with E-state index in [0.717, 1.165) is 29.9 Å². The van der Waals surface area contributed by atoms with Crippen LogP contribution >= 0.6 is 0 Å². The van der Waals surface area contributed by atoms with Crippen molar-refractivity contribution in [3.8, 4) is 0 Å². The Morgan fingerprint density at radius 1 is 1.32 bits per heavy atom. The number of nitrogens with zero attached hydrogens (tertiary/aromatic N) is 1. The molecular weight excluding hydrogens is 466 g/mol. The van der Waals surface area contributed by atoms with Crippen LogP contribution in [0.25, 0.3) is 0 Å². The Morgan fingerprint density at radius 2 is 1.97 bits per heavy atom. The Labute approximate surface area is 223 Å². The first kappa shape index (κ1) is 32.3. The van der Waals surface area contributed by atoms with Crippen molar-refractivity contribution >= 4 is 17.5 Å². The van der Waals surface area contributed by atoms with Crippen molar-refractivity contribution in [3.05, 3.63) is 59.0 Å². The minimum atomic E-state index is -0.533. The molecule has 37 heavy (non-hydrogen) atoms. The molecule has 0 aromatic carbocycles. The number of nitrogens with one attached hydrogen (secondary N) is 1. The predicted octanol–water partition coefficient (Wildman–Crippen LogP) is 4.80. The molecule has 0 spiro atoms. The number of aliphatic hydroxyl groups is 1. The van der Waals surface area contributed by atoms with Crippen LogP contribution in [0.4, 0.5) is 0 Å². The molecule has 0 aromatic rings. The van der Waals surface area contributed by atoms with Gasteiger partial charge in [0.15, 0.2) is 5.78 Å². The maximum Gasteiger partial charge on any atom is 0.336 e. The number of hydrogen-bond acceptors (Lipinski definition) is 7. The number of hydrogen-bond donors (Lipinski definition) is 3. The molecule has 206 valence electrons. The number of rotatable bonds is 10. The van der Waals surface area contributed by atoms with Crippen molar-refractivity contribution in [2.24, 2.45) is 28.0 Å². The lowest BCUT2D eigenvalue weighted by atomic mass is 9.65. The van der Waals surface area contributed by atoms with Gasteiger partial charge in [0, 0.05) is 30.2 Å². The van der Waals surface area contributed by atoms with Crippen molar-refractivity contribution in [2.75, 3.05) is 26.3 Å². The third-order valence-corrected chi connectivity index (χ3v) is 6.71. The maximum absolute atomic E-state index is 13.5. The van der Waals surface area contributed by atoms with Gasteiger partial charge in [-0.25, -0.2) is 4.79 Å². The quantitative estimate of drug-likeness (QED) is 0.220. The van der Waals surface area contributed by atoms with E-state index >= 15 is 0 Å². The zero-order valence-electron chi connectivity index (χ0n) is 23.8. The summed E-state index contributed by atoms with van der Waals surface area (Å²) in [5, 5.41) is 13.4. The number of allylic oxidation sites excluding steroid dienone is 7.